The number of nitrogens with one attached hydrogen (secondary N) is 4. The topological polar surface area (TPSA) is 122 Å². The van der Waals surface area contributed by atoms with E-state index in [4.69, 9.17) is 11.6 Å². The monoisotopic (exact) mass is 431 g/mol. The highest BCUT2D eigenvalue weighted by Crippen LogP contribution is 2.40. The highest BCUT2D eigenvalue weighted by molar-refractivity contribution is 6.31. The van der Waals surface area contributed by atoms with E-state index >= 15 is 0 Å². The molecule has 1 aliphatic heterocycles. The Morgan fingerprint density at radius 3 is 2.81 bits per heavy atom. The summed E-state index contributed by atoms with van der Waals surface area (Å²) in [5.41, 5.74) is 10.1. The molecule has 2 aliphatic rings. The number of fused-ring (bicyclic) bond motifs is 2. The van der Waals surface area contributed by atoms with Gasteiger partial charge in [-0.25, -0.2) is 4.98 Å². The largest absolute Gasteiger partial charge is 0.325 e. The number of amides is 1. The summed E-state index contributed by atoms with van der Waals surface area (Å²) in [4.78, 5) is 20.9. The van der Waals surface area contributed by atoms with Crippen molar-refractivity contribution in [1.29, 1.82) is 0 Å². The number of carbonyl (C=O) groups is 1. The highest BCUT2D eigenvalue weighted by atomic mass is 35.5. The van der Waals surface area contributed by atoms with Crippen molar-refractivity contribution in [3.05, 3.63) is 58.7 Å². The minimum Gasteiger partial charge on any atom is -0.325 e. The first-order chi connectivity index (χ1) is 15.1. The number of anilines is 5. The number of H-pyrrole nitrogens is 1. The lowest BCUT2D eigenvalue weighted by atomic mass is 10.1. The fraction of sp³-hybridized carbons (Fsp3) is 0.143. The molecule has 4 N–H and O–H groups in total. The second kappa shape index (κ2) is 6.85. The van der Waals surface area contributed by atoms with Crippen molar-refractivity contribution in [2.24, 2.45) is 0 Å². The summed E-state index contributed by atoms with van der Waals surface area (Å²) >= 11 is 6.22. The third kappa shape index (κ3) is 3.38. The maximum atomic E-state index is 11.7. The molecule has 3 heterocycles. The first-order valence-electron chi connectivity index (χ1n) is 9.84. The molecule has 0 unspecified atom stereocenters. The van der Waals surface area contributed by atoms with Crippen molar-refractivity contribution in [3.8, 4) is 0 Å². The van der Waals surface area contributed by atoms with Crippen LogP contribution in [0.1, 0.15) is 34.8 Å². The molecule has 4 aromatic rings. The normalized spacial score (nSPS) is 14.8. The summed E-state index contributed by atoms with van der Waals surface area (Å²) in [6.07, 6.45) is 2.36. The summed E-state index contributed by atoms with van der Waals surface area (Å²) in [5.74, 6) is 2.03. The van der Waals surface area contributed by atoms with Gasteiger partial charge in [-0.05, 0) is 49.2 Å². The third-order valence-corrected chi connectivity index (χ3v) is 5.52. The SMILES string of the molecule is O=C1[N]Nc2cc(Nc3nc(Nc4cc(C5CC5)n[nH]4)c4cc(Cl)ccc4n3)ccc21. The van der Waals surface area contributed by atoms with Crippen LogP contribution in [0.2, 0.25) is 5.02 Å². The lowest BCUT2D eigenvalue weighted by Crippen LogP contribution is -2.10. The van der Waals surface area contributed by atoms with Gasteiger partial charge in [-0.3, -0.25) is 15.3 Å². The van der Waals surface area contributed by atoms with Crippen LogP contribution in [-0.2, 0) is 0 Å². The molecule has 0 spiro atoms. The molecule has 9 nitrogen and oxygen atoms in total. The maximum absolute atomic E-state index is 11.7. The standard InChI is InChI=1S/C21H16ClN8O/c22-11-3-6-15-14(7-11)19(25-18-9-16(27-29-18)10-1-2-10)26-21(24-15)23-12-4-5-13-17(8-12)28-30-20(13)31/h3-10,28H,1-2H2,(H3,23,24,25,26,27,29). The van der Waals surface area contributed by atoms with Gasteiger partial charge in [-0.15, -0.1) is 5.43 Å². The summed E-state index contributed by atoms with van der Waals surface area (Å²) < 4.78 is 0. The van der Waals surface area contributed by atoms with Gasteiger partial charge < -0.3 is 10.6 Å². The van der Waals surface area contributed by atoms with E-state index < -0.39 is 0 Å². The van der Waals surface area contributed by atoms with E-state index in [1.165, 1.54) is 12.8 Å². The van der Waals surface area contributed by atoms with E-state index in [1.54, 1.807) is 24.3 Å². The van der Waals surface area contributed by atoms with Gasteiger partial charge in [0.1, 0.15) is 11.6 Å². The molecule has 2 aromatic carbocycles. The Morgan fingerprint density at radius 2 is 1.94 bits per heavy atom. The third-order valence-electron chi connectivity index (χ3n) is 5.29. The summed E-state index contributed by atoms with van der Waals surface area (Å²) in [6, 6.07) is 12.8. The van der Waals surface area contributed by atoms with Crippen molar-refractivity contribution in [3.63, 3.8) is 0 Å². The molecule has 10 heteroatoms. The average Bonchev–Trinajstić information content (AvgIpc) is 3.40. The molecule has 0 bridgehead atoms. The van der Waals surface area contributed by atoms with Gasteiger partial charge in [-0.1, -0.05) is 11.6 Å². The van der Waals surface area contributed by atoms with Crippen LogP contribution < -0.4 is 21.5 Å². The molecule has 2 aromatic heterocycles. The van der Waals surface area contributed by atoms with E-state index in [2.05, 4.69) is 41.7 Å². The second-order valence-electron chi connectivity index (χ2n) is 7.58. The second-order valence-corrected chi connectivity index (χ2v) is 8.01. The Balaban J connectivity index is 1.36. The highest BCUT2D eigenvalue weighted by Gasteiger charge is 2.26. The average molecular weight is 432 g/mol. The number of carbonyl (C=O) groups excluding carboxylic acids is 1. The van der Waals surface area contributed by atoms with E-state index in [9.17, 15) is 4.79 Å². The molecule has 1 saturated carbocycles. The number of aromatic nitrogens is 4. The first kappa shape index (κ1) is 18.0. The molecular weight excluding hydrogens is 416 g/mol. The van der Waals surface area contributed by atoms with E-state index in [0.29, 0.717) is 34.0 Å². The minimum atomic E-state index is -0.281. The number of hydrogen-bond acceptors (Lipinski definition) is 7. The molecule has 1 amide bonds. The fourth-order valence-corrected chi connectivity index (χ4v) is 3.74. The van der Waals surface area contributed by atoms with E-state index in [-0.39, 0.29) is 5.91 Å². The smallest absolute Gasteiger partial charge is 0.295 e. The van der Waals surface area contributed by atoms with Crippen molar-refractivity contribution >= 4 is 57.4 Å². The lowest BCUT2D eigenvalue weighted by Gasteiger charge is -2.11. The number of benzene rings is 2. The number of rotatable bonds is 5. The Morgan fingerprint density at radius 1 is 1.03 bits per heavy atom. The number of halogens is 1. The summed E-state index contributed by atoms with van der Waals surface area (Å²) in [6.45, 7) is 0. The molecule has 153 valence electrons. The molecular formula is C21H16ClN8O. The Bertz CT molecular complexity index is 1350. The molecule has 31 heavy (non-hydrogen) atoms. The maximum Gasteiger partial charge on any atom is 0.295 e. The van der Waals surface area contributed by atoms with Gasteiger partial charge in [0, 0.05) is 28.1 Å². The van der Waals surface area contributed by atoms with Gasteiger partial charge in [0.05, 0.1) is 22.5 Å². The van der Waals surface area contributed by atoms with Crippen LogP contribution in [0.3, 0.4) is 0 Å². The van der Waals surface area contributed by atoms with Gasteiger partial charge in [0.2, 0.25) is 5.95 Å². The zero-order valence-corrected chi connectivity index (χ0v) is 16.9. The van der Waals surface area contributed by atoms with Gasteiger partial charge >= 0.3 is 0 Å². The van der Waals surface area contributed by atoms with Crippen molar-refractivity contribution in [1.82, 2.24) is 25.6 Å². The zero-order chi connectivity index (χ0) is 20.9. The van der Waals surface area contributed by atoms with Gasteiger partial charge in [-0.2, -0.15) is 10.1 Å². The summed E-state index contributed by atoms with van der Waals surface area (Å²) in [7, 11) is 0. The first-order valence-corrected chi connectivity index (χ1v) is 10.2. The van der Waals surface area contributed by atoms with Crippen molar-refractivity contribution in [2.45, 2.75) is 18.8 Å². The van der Waals surface area contributed by atoms with Crippen LogP contribution in [0.5, 0.6) is 0 Å². The Hall–Kier alpha value is -3.85. The number of nitrogens with zero attached hydrogens (tertiary/aromatic N) is 4. The van der Waals surface area contributed by atoms with E-state index in [0.717, 1.165) is 28.1 Å². The predicted octanol–water partition coefficient (Wildman–Crippen LogP) is 4.46. The number of hydrogen-bond donors (Lipinski definition) is 4. The van der Waals surface area contributed by atoms with Crippen molar-refractivity contribution < 1.29 is 4.79 Å². The van der Waals surface area contributed by atoms with Gasteiger partial charge in [0.15, 0.2) is 0 Å². The zero-order valence-electron chi connectivity index (χ0n) is 16.1. The van der Waals surface area contributed by atoms with Gasteiger partial charge in [0.25, 0.3) is 5.91 Å². The minimum absolute atomic E-state index is 0.281. The van der Waals surface area contributed by atoms with Crippen LogP contribution in [0, 0.1) is 0 Å². The van der Waals surface area contributed by atoms with Crippen molar-refractivity contribution in [2.75, 3.05) is 16.1 Å². The quantitative estimate of drug-likeness (QED) is 0.368. The lowest BCUT2D eigenvalue weighted by molar-refractivity contribution is 0.0969. The van der Waals surface area contributed by atoms with E-state index in [1.807, 2.05) is 18.2 Å². The molecule has 6 rings (SSSR count). The molecule has 1 radical (unpaired) electrons. The number of aromatic amines is 1. The Labute approximate surface area is 181 Å². The summed E-state index contributed by atoms with van der Waals surface area (Å²) in [5, 5.41) is 15.3. The van der Waals surface area contributed by atoms with Crippen LogP contribution in [0.15, 0.2) is 42.5 Å². The Kier molecular flexibility index (Phi) is 3.97. The van der Waals surface area contributed by atoms with Crippen LogP contribution in [0.4, 0.5) is 29.0 Å². The van der Waals surface area contributed by atoms with Crippen LogP contribution >= 0.6 is 11.6 Å². The molecule has 1 aliphatic carbocycles. The predicted molar refractivity (Wildman–Crippen MR) is 118 cm³/mol. The fourth-order valence-electron chi connectivity index (χ4n) is 3.57. The molecule has 1 fully saturated rings. The molecule has 0 atom stereocenters. The molecule has 0 saturated heterocycles. The van der Waals surface area contributed by atoms with Crippen LogP contribution in [-0.4, -0.2) is 26.1 Å². The van der Waals surface area contributed by atoms with Crippen LogP contribution in [0.25, 0.3) is 10.9 Å².